The highest BCUT2D eigenvalue weighted by Crippen LogP contribution is 2.45. The first kappa shape index (κ1) is 92.1. The van der Waals surface area contributed by atoms with Gasteiger partial charge in [0.25, 0.3) is 0 Å². The molecule has 94 heavy (non-hydrogen) atoms. The fourth-order valence-electron chi connectivity index (χ4n) is 11.3. The number of phosphoric acid groups is 2. The molecule has 3 unspecified atom stereocenters. The Labute approximate surface area is 575 Å². The van der Waals surface area contributed by atoms with E-state index in [9.17, 15) is 43.2 Å². The van der Waals surface area contributed by atoms with Gasteiger partial charge in [0.15, 0.2) is 12.2 Å². The van der Waals surface area contributed by atoms with Crippen LogP contribution in [0, 0.1) is 23.7 Å². The molecule has 0 rings (SSSR count). The maximum Gasteiger partial charge on any atom is 0.472 e. The molecule has 0 saturated carbocycles. The molecule has 0 aliphatic heterocycles. The van der Waals surface area contributed by atoms with Crippen LogP contribution in [0.2, 0.25) is 0 Å². The van der Waals surface area contributed by atoms with Crippen LogP contribution >= 0.6 is 15.6 Å². The van der Waals surface area contributed by atoms with Crippen molar-refractivity contribution in [3.8, 4) is 0 Å². The summed E-state index contributed by atoms with van der Waals surface area (Å²) >= 11 is 0. The highest BCUT2D eigenvalue weighted by Gasteiger charge is 2.30. The average molecular weight is 1380 g/mol. The Morgan fingerprint density at radius 3 is 0.755 bits per heavy atom. The molecule has 0 heterocycles. The lowest BCUT2D eigenvalue weighted by Crippen LogP contribution is -2.30. The van der Waals surface area contributed by atoms with Crippen LogP contribution in [0.1, 0.15) is 376 Å². The number of aliphatic hydroxyl groups excluding tert-OH is 1. The maximum absolute atomic E-state index is 13.1. The molecule has 0 amide bonds. The van der Waals surface area contributed by atoms with E-state index < -0.39 is 97.5 Å². The van der Waals surface area contributed by atoms with Crippen molar-refractivity contribution >= 4 is 39.5 Å². The number of hydrogen-bond acceptors (Lipinski definition) is 15. The molecule has 0 aromatic heterocycles. The van der Waals surface area contributed by atoms with Gasteiger partial charge in [0.2, 0.25) is 0 Å². The predicted molar refractivity (Wildman–Crippen MR) is 381 cm³/mol. The number of hydrogen-bond donors (Lipinski definition) is 3. The van der Waals surface area contributed by atoms with E-state index in [1.165, 1.54) is 173 Å². The number of carbonyl (C=O) groups excluding carboxylic acids is 4. The lowest BCUT2D eigenvalue weighted by Gasteiger charge is -2.21. The fourth-order valence-corrected chi connectivity index (χ4v) is 12.9. The van der Waals surface area contributed by atoms with Crippen LogP contribution < -0.4 is 0 Å². The molecule has 17 nitrogen and oxygen atoms in total. The molecule has 0 aromatic carbocycles. The summed E-state index contributed by atoms with van der Waals surface area (Å²) in [5.74, 6) is 0.911. The van der Waals surface area contributed by atoms with Gasteiger partial charge in [-0.05, 0) is 49.4 Å². The second kappa shape index (κ2) is 64.4. The summed E-state index contributed by atoms with van der Waals surface area (Å²) in [6.45, 7) is 14.2. The first-order chi connectivity index (χ1) is 45.1. The van der Waals surface area contributed by atoms with Gasteiger partial charge in [-0.3, -0.25) is 37.3 Å². The van der Waals surface area contributed by atoms with Gasteiger partial charge in [-0.2, -0.15) is 0 Å². The minimum Gasteiger partial charge on any atom is -0.462 e. The van der Waals surface area contributed by atoms with Crippen LogP contribution in [0.25, 0.3) is 0 Å². The lowest BCUT2D eigenvalue weighted by atomic mass is 10.00. The van der Waals surface area contributed by atoms with Gasteiger partial charge in [0.1, 0.15) is 19.3 Å². The summed E-state index contributed by atoms with van der Waals surface area (Å²) in [5.41, 5.74) is 0. The smallest absolute Gasteiger partial charge is 0.462 e. The van der Waals surface area contributed by atoms with Crippen molar-refractivity contribution in [2.24, 2.45) is 23.7 Å². The predicted octanol–water partition coefficient (Wildman–Crippen LogP) is 21.7. The molecule has 0 bridgehead atoms. The largest absolute Gasteiger partial charge is 0.472 e. The minimum absolute atomic E-state index is 0.104. The van der Waals surface area contributed by atoms with Gasteiger partial charge in [0, 0.05) is 25.7 Å². The topological polar surface area (TPSA) is 237 Å². The van der Waals surface area contributed by atoms with Gasteiger partial charge < -0.3 is 33.8 Å². The lowest BCUT2D eigenvalue weighted by molar-refractivity contribution is -0.161. The highest BCUT2D eigenvalue weighted by atomic mass is 31.2. The number of aliphatic hydroxyl groups is 1. The molecular weight excluding hydrogens is 1230 g/mol. The first-order valence-corrected chi connectivity index (χ1v) is 41.7. The Morgan fingerprint density at radius 2 is 0.511 bits per heavy atom. The molecule has 0 spiro atoms. The normalized spacial score (nSPS) is 14.4. The van der Waals surface area contributed by atoms with Crippen LogP contribution in [0.4, 0.5) is 0 Å². The van der Waals surface area contributed by atoms with E-state index in [2.05, 4.69) is 55.4 Å². The van der Waals surface area contributed by atoms with Crippen molar-refractivity contribution in [1.29, 1.82) is 0 Å². The third-order valence-electron chi connectivity index (χ3n) is 17.7. The van der Waals surface area contributed by atoms with E-state index in [4.69, 9.17) is 37.0 Å². The maximum atomic E-state index is 13.1. The second-order valence-electron chi connectivity index (χ2n) is 28.7. The van der Waals surface area contributed by atoms with Crippen LogP contribution in [0.15, 0.2) is 0 Å². The summed E-state index contributed by atoms with van der Waals surface area (Å²) in [6, 6.07) is 0. The number of phosphoric ester groups is 2. The third-order valence-corrected chi connectivity index (χ3v) is 19.6. The first-order valence-electron chi connectivity index (χ1n) is 38.7. The molecule has 0 radical (unpaired) electrons. The highest BCUT2D eigenvalue weighted by molar-refractivity contribution is 7.47. The zero-order valence-electron chi connectivity index (χ0n) is 61.6. The molecule has 0 aromatic rings. The zero-order valence-corrected chi connectivity index (χ0v) is 63.4. The Kier molecular flexibility index (Phi) is 63.1. The van der Waals surface area contributed by atoms with E-state index >= 15 is 0 Å². The quantitative estimate of drug-likeness (QED) is 0.0222. The minimum atomic E-state index is -4.96. The van der Waals surface area contributed by atoms with Crippen LogP contribution in [0.5, 0.6) is 0 Å². The molecular formula is C75H146O17P2. The van der Waals surface area contributed by atoms with Crippen LogP contribution in [-0.4, -0.2) is 96.7 Å². The van der Waals surface area contributed by atoms with E-state index in [-0.39, 0.29) is 25.7 Å². The molecule has 19 heteroatoms. The molecule has 0 saturated heterocycles. The van der Waals surface area contributed by atoms with Crippen molar-refractivity contribution in [3.05, 3.63) is 0 Å². The molecule has 0 fully saturated rings. The molecule has 6 atom stereocenters. The van der Waals surface area contributed by atoms with Crippen molar-refractivity contribution < 1.29 is 80.2 Å². The fraction of sp³-hybridized carbons (Fsp3) is 0.947. The summed E-state index contributed by atoms with van der Waals surface area (Å²) in [7, 11) is -9.91. The van der Waals surface area contributed by atoms with Crippen molar-refractivity contribution in [1.82, 2.24) is 0 Å². The summed E-state index contributed by atoms with van der Waals surface area (Å²) in [4.78, 5) is 72.7. The van der Waals surface area contributed by atoms with E-state index in [1.807, 2.05) is 0 Å². The SMILES string of the molecule is CCC(C)CCCCCCCCC(=O)OC[C@H](COP(=O)(O)OC[C@H](O)COP(=O)(O)OC[C@@H](COC(=O)CCCCCCCCCCCCCCCC(C)C)OC(=O)CCCCCCCCCCC(C)C)OC(=O)CCCCCCCCCCCCCCCCC(C)C. The Balaban J connectivity index is 5.22. The van der Waals surface area contributed by atoms with Crippen molar-refractivity contribution in [2.45, 2.75) is 395 Å². The summed E-state index contributed by atoms with van der Waals surface area (Å²) < 4.78 is 68.5. The monoisotopic (exact) mass is 1380 g/mol. The second-order valence-corrected chi connectivity index (χ2v) is 31.6. The van der Waals surface area contributed by atoms with Gasteiger partial charge >= 0.3 is 39.5 Å². The third kappa shape index (κ3) is 67.3. The zero-order chi connectivity index (χ0) is 69.6. The Hall–Kier alpha value is -1.94. The van der Waals surface area contributed by atoms with E-state index in [1.54, 1.807) is 0 Å². The molecule has 3 N–H and O–H groups in total. The Morgan fingerprint density at radius 1 is 0.298 bits per heavy atom. The number of ether oxygens (including phenoxy) is 4. The average Bonchev–Trinajstić information content (AvgIpc) is 1.52. The van der Waals surface area contributed by atoms with Gasteiger partial charge in [-0.25, -0.2) is 9.13 Å². The number of unbranched alkanes of at least 4 members (excludes halogenated alkanes) is 37. The Bertz CT molecular complexity index is 1850. The van der Waals surface area contributed by atoms with Crippen LogP contribution in [-0.2, 0) is 65.4 Å². The molecule has 558 valence electrons. The van der Waals surface area contributed by atoms with Gasteiger partial charge in [-0.1, -0.05) is 325 Å². The van der Waals surface area contributed by atoms with Gasteiger partial charge in [0.05, 0.1) is 26.4 Å². The summed E-state index contributed by atoms with van der Waals surface area (Å²) in [5, 5.41) is 10.6. The van der Waals surface area contributed by atoms with Gasteiger partial charge in [-0.15, -0.1) is 0 Å². The van der Waals surface area contributed by atoms with E-state index in [0.29, 0.717) is 25.7 Å². The number of rotatable bonds is 72. The van der Waals surface area contributed by atoms with Crippen LogP contribution in [0.3, 0.4) is 0 Å². The molecule has 0 aliphatic carbocycles. The molecule has 0 aliphatic rings. The summed E-state index contributed by atoms with van der Waals surface area (Å²) in [6.07, 6.45) is 48.6. The standard InChI is InChI=1S/C75H146O17P2/c1-9-68(8)54-46-38-33-34-40-48-56-73(78)86-62-71(91-74(79)57-49-41-31-24-20-15-11-10-13-17-21-27-35-43-51-65(2)3)64-90-94(83,84)88-60-69(76)59-87-93(81,82)89-63-70(92-75(80)58-50-42-32-26-25-29-37-45-53-67(6)7)61-85-72(77)55-47-39-30-23-19-16-12-14-18-22-28-36-44-52-66(4)5/h65-71,76H,9-64H2,1-8H3,(H,81,82)(H,83,84)/t68?,69-,70-,71-/m1/s1. The van der Waals surface area contributed by atoms with Crippen molar-refractivity contribution in [2.75, 3.05) is 39.6 Å². The number of esters is 4. The van der Waals surface area contributed by atoms with E-state index in [0.717, 1.165) is 120 Å². The number of carbonyl (C=O) groups is 4. The van der Waals surface area contributed by atoms with Crippen molar-refractivity contribution in [3.63, 3.8) is 0 Å².